The minimum atomic E-state index is -0.688. The number of nitrogens with one attached hydrogen (secondary N) is 1. The summed E-state index contributed by atoms with van der Waals surface area (Å²) in [6.07, 6.45) is 3.28. The fourth-order valence-electron chi connectivity index (χ4n) is 1.94. The highest BCUT2D eigenvalue weighted by Crippen LogP contribution is 2.25. The molecule has 1 aromatic carbocycles. The van der Waals surface area contributed by atoms with Crippen molar-refractivity contribution in [1.82, 2.24) is 5.32 Å². The number of ether oxygens (including phenoxy) is 1. The standard InChI is InChI=1S/C14H14FNO3/c1-2-3-13(17)16-11-6-7-19-12-5-4-9(15)8-10(12)14(11)18/h2-5,8,11H,6-7H2,1H3,(H,16,17)/b3-2+. The Hall–Kier alpha value is -2.17. The molecule has 1 N–H and O–H groups in total. The van der Waals surface area contributed by atoms with E-state index in [0.29, 0.717) is 18.8 Å². The zero-order chi connectivity index (χ0) is 13.8. The summed E-state index contributed by atoms with van der Waals surface area (Å²) in [4.78, 5) is 23.7. The van der Waals surface area contributed by atoms with E-state index in [1.54, 1.807) is 13.0 Å². The number of benzene rings is 1. The van der Waals surface area contributed by atoms with Gasteiger partial charge in [-0.1, -0.05) is 6.08 Å². The van der Waals surface area contributed by atoms with Gasteiger partial charge in [0.1, 0.15) is 11.6 Å². The fraction of sp³-hybridized carbons (Fsp3) is 0.286. The first-order valence-electron chi connectivity index (χ1n) is 6.01. The van der Waals surface area contributed by atoms with Crippen molar-refractivity contribution in [3.63, 3.8) is 0 Å². The van der Waals surface area contributed by atoms with Gasteiger partial charge in [0.2, 0.25) is 5.91 Å². The molecule has 0 aliphatic carbocycles. The van der Waals surface area contributed by atoms with Gasteiger partial charge in [-0.3, -0.25) is 9.59 Å². The summed E-state index contributed by atoms with van der Waals surface area (Å²) in [6.45, 7) is 2.01. The van der Waals surface area contributed by atoms with Crippen molar-refractivity contribution in [3.05, 3.63) is 41.7 Å². The lowest BCUT2D eigenvalue weighted by atomic mass is 10.0. The van der Waals surface area contributed by atoms with Crippen LogP contribution in [-0.2, 0) is 4.79 Å². The highest BCUT2D eigenvalue weighted by atomic mass is 19.1. The third-order valence-electron chi connectivity index (χ3n) is 2.82. The van der Waals surface area contributed by atoms with Crippen LogP contribution >= 0.6 is 0 Å². The number of hydrogen-bond acceptors (Lipinski definition) is 3. The molecule has 2 rings (SSSR count). The quantitative estimate of drug-likeness (QED) is 0.828. The Kier molecular flexibility index (Phi) is 3.94. The maximum absolute atomic E-state index is 13.2. The summed E-state index contributed by atoms with van der Waals surface area (Å²) in [7, 11) is 0. The Bertz CT molecular complexity index is 539. The molecule has 0 saturated carbocycles. The number of rotatable bonds is 2. The second kappa shape index (κ2) is 5.65. The molecule has 19 heavy (non-hydrogen) atoms. The molecule has 1 unspecified atom stereocenters. The van der Waals surface area contributed by atoms with E-state index in [1.807, 2.05) is 0 Å². The molecule has 0 spiro atoms. The van der Waals surface area contributed by atoms with Crippen LogP contribution in [0, 0.1) is 5.82 Å². The molecule has 4 nitrogen and oxygen atoms in total. The van der Waals surface area contributed by atoms with E-state index in [4.69, 9.17) is 4.74 Å². The van der Waals surface area contributed by atoms with Crippen LogP contribution in [0.1, 0.15) is 23.7 Å². The van der Waals surface area contributed by atoms with Crippen molar-refractivity contribution >= 4 is 11.7 Å². The van der Waals surface area contributed by atoms with Crippen molar-refractivity contribution in [2.75, 3.05) is 6.61 Å². The van der Waals surface area contributed by atoms with Crippen molar-refractivity contribution in [3.8, 4) is 5.75 Å². The van der Waals surface area contributed by atoms with Crippen molar-refractivity contribution < 1.29 is 18.7 Å². The fourth-order valence-corrected chi connectivity index (χ4v) is 1.94. The third kappa shape index (κ3) is 2.99. The number of carbonyl (C=O) groups is 2. The number of carbonyl (C=O) groups excluding carboxylic acids is 2. The number of amides is 1. The van der Waals surface area contributed by atoms with Crippen molar-refractivity contribution in [2.45, 2.75) is 19.4 Å². The van der Waals surface area contributed by atoms with Crippen molar-refractivity contribution in [2.24, 2.45) is 0 Å². The van der Waals surface area contributed by atoms with Gasteiger partial charge in [0, 0.05) is 6.42 Å². The molecule has 0 bridgehead atoms. The van der Waals surface area contributed by atoms with Crippen LogP contribution in [-0.4, -0.2) is 24.3 Å². The Morgan fingerprint density at radius 3 is 3.05 bits per heavy atom. The minimum Gasteiger partial charge on any atom is -0.493 e. The zero-order valence-electron chi connectivity index (χ0n) is 10.5. The largest absolute Gasteiger partial charge is 0.493 e. The number of hydrogen-bond donors (Lipinski definition) is 1. The van der Waals surface area contributed by atoms with Gasteiger partial charge in [0.15, 0.2) is 5.78 Å². The molecule has 100 valence electrons. The van der Waals surface area contributed by atoms with E-state index in [-0.39, 0.29) is 17.3 Å². The Morgan fingerprint density at radius 2 is 2.32 bits per heavy atom. The van der Waals surface area contributed by atoms with Crippen LogP contribution in [0.2, 0.25) is 0 Å². The monoisotopic (exact) mass is 263 g/mol. The average molecular weight is 263 g/mol. The predicted molar refractivity (Wildman–Crippen MR) is 67.6 cm³/mol. The molecule has 0 fully saturated rings. The molecule has 1 aromatic rings. The molecule has 0 aromatic heterocycles. The van der Waals surface area contributed by atoms with Gasteiger partial charge in [-0.2, -0.15) is 0 Å². The lowest BCUT2D eigenvalue weighted by Gasteiger charge is -2.13. The second-order valence-corrected chi connectivity index (χ2v) is 4.20. The first kappa shape index (κ1) is 13.3. The van der Waals surface area contributed by atoms with E-state index in [1.165, 1.54) is 18.2 Å². The molecular weight excluding hydrogens is 249 g/mol. The van der Waals surface area contributed by atoms with Gasteiger partial charge in [-0.25, -0.2) is 4.39 Å². The second-order valence-electron chi connectivity index (χ2n) is 4.20. The van der Waals surface area contributed by atoms with Crippen LogP contribution in [0.3, 0.4) is 0 Å². The Labute approximate surface area is 110 Å². The normalized spacial score (nSPS) is 18.6. The number of Topliss-reactive ketones (excluding diaryl/α,β-unsaturated/α-hetero) is 1. The molecule has 5 heteroatoms. The summed E-state index contributed by atoms with van der Waals surface area (Å²) in [5.41, 5.74) is 0.170. The smallest absolute Gasteiger partial charge is 0.244 e. The predicted octanol–water partition coefficient (Wildman–Crippen LogP) is 1.85. The van der Waals surface area contributed by atoms with E-state index in [9.17, 15) is 14.0 Å². The minimum absolute atomic E-state index is 0.170. The molecule has 1 amide bonds. The van der Waals surface area contributed by atoms with Crippen LogP contribution in [0.15, 0.2) is 30.4 Å². The van der Waals surface area contributed by atoms with Gasteiger partial charge in [-0.15, -0.1) is 0 Å². The van der Waals surface area contributed by atoms with Crippen LogP contribution in [0.25, 0.3) is 0 Å². The molecule has 1 aliphatic rings. The zero-order valence-corrected chi connectivity index (χ0v) is 10.5. The van der Waals surface area contributed by atoms with Gasteiger partial charge >= 0.3 is 0 Å². The maximum Gasteiger partial charge on any atom is 0.244 e. The van der Waals surface area contributed by atoms with Crippen molar-refractivity contribution in [1.29, 1.82) is 0 Å². The third-order valence-corrected chi connectivity index (χ3v) is 2.82. The topological polar surface area (TPSA) is 55.4 Å². The molecule has 0 saturated heterocycles. The van der Waals surface area contributed by atoms with E-state index < -0.39 is 11.9 Å². The van der Waals surface area contributed by atoms with Crippen LogP contribution in [0.4, 0.5) is 4.39 Å². The summed E-state index contributed by atoms with van der Waals surface area (Å²) in [6, 6.07) is 3.12. The van der Waals surface area contributed by atoms with Crippen LogP contribution < -0.4 is 10.1 Å². The van der Waals surface area contributed by atoms with Gasteiger partial charge in [-0.05, 0) is 31.2 Å². The van der Waals surface area contributed by atoms with Gasteiger partial charge in [0.05, 0.1) is 18.2 Å². The van der Waals surface area contributed by atoms with E-state index >= 15 is 0 Å². The van der Waals surface area contributed by atoms with Gasteiger partial charge in [0.25, 0.3) is 0 Å². The molecule has 1 heterocycles. The summed E-state index contributed by atoms with van der Waals surface area (Å²) in [5, 5.41) is 2.59. The summed E-state index contributed by atoms with van der Waals surface area (Å²) < 4.78 is 18.6. The van der Waals surface area contributed by atoms with Crippen LogP contribution in [0.5, 0.6) is 5.75 Å². The lowest BCUT2D eigenvalue weighted by molar-refractivity contribution is -0.117. The Morgan fingerprint density at radius 1 is 1.53 bits per heavy atom. The summed E-state index contributed by atoms with van der Waals surface area (Å²) in [5.74, 6) is -0.823. The number of ketones is 1. The Balaban J connectivity index is 2.25. The first-order chi connectivity index (χ1) is 9.11. The van der Waals surface area contributed by atoms with E-state index in [0.717, 1.165) is 6.07 Å². The SMILES string of the molecule is C/C=C/C(=O)NC1CCOc2ccc(F)cc2C1=O. The molecular formula is C14H14FNO3. The lowest BCUT2D eigenvalue weighted by Crippen LogP contribution is -2.40. The highest BCUT2D eigenvalue weighted by Gasteiger charge is 2.27. The molecule has 1 aliphatic heterocycles. The molecule has 0 radical (unpaired) electrons. The first-order valence-corrected chi connectivity index (χ1v) is 6.01. The number of halogens is 1. The highest BCUT2D eigenvalue weighted by molar-refractivity contribution is 6.05. The summed E-state index contributed by atoms with van der Waals surface area (Å²) >= 11 is 0. The average Bonchev–Trinajstić information content (AvgIpc) is 2.51. The van der Waals surface area contributed by atoms with E-state index in [2.05, 4.69) is 5.32 Å². The maximum atomic E-state index is 13.2. The number of fused-ring (bicyclic) bond motifs is 1. The number of allylic oxidation sites excluding steroid dienone is 1. The van der Waals surface area contributed by atoms with Gasteiger partial charge < -0.3 is 10.1 Å². The molecule has 1 atom stereocenters.